The van der Waals surface area contributed by atoms with Gasteiger partial charge in [0.05, 0.1) is 4.90 Å². The van der Waals surface area contributed by atoms with Gasteiger partial charge in [0.25, 0.3) is 0 Å². The highest BCUT2D eigenvalue weighted by Crippen LogP contribution is 2.30. The summed E-state index contributed by atoms with van der Waals surface area (Å²) in [6.07, 6.45) is 1.16. The second kappa shape index (κ2) is 6.16. The number of hydrogen-bond donors (Lipinski definition) is 0. The van der Waals surface area contributed by atoms with Crippen LogP contribution in [-0.2, 0) is 15.2 Å². The molecule has 20 heavy (non-hydrogen) atoms. The van der Waals surface area contributed by atoms with Gasteiger partial charge in [0.2, 0.25) is 0 Å². The van der Waals surface area contributed by atoms with Crippen molar-refractivity contribution in [3.63, 3.8) is 0 Å². The number of sulfone groups is 1. The average Bonchev–Trinajstić information content (AvgIpc) is 2.40. The molecule has 0 fully saturated rings. The van der Waals surface area contributed by atoms with Gasteiger partial charge in [-0.3, -0.25) is 0 Å². The third kappa shape index (κ3) is 3.75. The minimum Gasteiger partial charge on any atom is -0.457 e. The van der Waals surface area contributed by atoms with Crippen LogP contribution >= 0.6 is 27.5 Å². The molecule has 0 saturated carbocycles. The molecule has 0 heterocycles. The standard InChI is InChI=1S/C14H12BrClO3S/c1-20(17,18)13-4-2-3-12(8-13)19-14-6-5-11(16)7-10(14)9-15/h2-8H,9H2,1H3. The van der Waals surface area contributed by atoms with Gasteiger partial charge in [-0.2, -0.15) is 0 Å². The van der Waals surface area contributed by atoms with Crippen molar-refractivity contribution in [2.24, 2.45) is 0 Å². The molecular weight excluding hydrogens is 364 g/mol. The fraction of sp³-hybridized carbons (Fsp3) is 0.143. The smallest absolute Gasteiger partial charge is 0.175 e. The predicted octanol–water partition coefficient (Wildman–Crippen LogP) is 4.43. The highest BCUT2D eigenvalue weighted by Gasteiger charge is 2.10. The van der Waals surface area contributed by atoms with E-state index in [1.165, 1.54) is 12.1 Å². The Bertz CT molecular complexity index is 729. The summed E-state index contributed by atoms with van der Waals surface area (Å²) in [5, 5.41) is 1.21. The maximum Gasteiger partial charge on any atom is 0.175 e. The van der Waals surface area contributed by atoms with Crippen LogP contribution in [0.5, 0.6) is 11.5 Å². The summed E-state index contributed by atoms with van der Waals surface area (Å²) in [6.45, 7) is 0. The van der Waals surface area contributed by atoms with E-state index in [9.17, 15) is 8.42 Å². The molecule has 0 radical (unpaired) electrons. The Morgan fingerprint density at radius 2 is 1.95 bits per heavy atom. The summed E-state index contributed by atoms with van der Waals surface area (Å²) in [7, 11) is -3.25. The maximum atomic E-state index is 11.5. The van der Waals surface area contributed by atoms with Crippen molar-refractivity contribution in [1.29, 1.82) is 0 Å². The second-order valence-electron chi connectivity index (χ2n) is 4.23. The van der Waals surface area contributed by atoms with Crippen LogP contribution in [0, 0.1) is 0 Å². The van der Waals surface area contributed by atoms with Crippen LogP contribution in [-0.4, -0.2) is 14.7 Å². The minimum absolute atomic E-state index is 0.226. The third-order valence-corrected chi connectivity index (χ3v) is 4.58. The first kappa shape index (κ1) is 15.4. The molecule has 3 nitrogen and oxygen atoms in total. The van der Waals surface area contributed by atoms with Crippen molar-refractivity contribution >= 4 is 37.4 Å². The van der Waals surface area contributed by atoms with Crippen LogP contribution in [0.3, 0.4) is 0 Å². The fourth-order valence-corrected chi connectivity index (χ4v) is 2.94. The molecule has 6 heteroatoms. The Balaban J connectivity index is 2.36. The maximum absolute atomic E-state index is 11.5. The summed E-state index contributed by atoms with van der Waals surface area (Å²) in [6, 6.07) is 11.7. The summed E-state index contributed by atoms with van der Waals surface area (Å²) in [5.74, 6) is 1.11. The molecular formula is C14H12BrClO3S. The van der Waals surface area contributed by atoms with Gasteiger partial charge in [-0.15, -0.1) is 0 Å². The molecule has 0 unspecified atom stereocenters. The summed E-state index contributed by atoms with van der Waals surface area (Å²) in [5.41, 5.74) is 0.891. The summed E-state index contributed by atoms with van der Waals surface area (Å²) >= 11 is 9.30. The summed E-state index contributed by atoms with van der Waals surface area (Å²) < 4.78 is 28.8. The molecule has 0 aliphatic carbocycles. The average molecular weight is 376 g/mol. The largest absolute Gasteiger partial charge is 0.457 e. The predicted molar refractivity (Wildman–Crippen MR) is 83.7 cm³/mol. The zero-order chi connectivity index (χ0) is 14.8. The van der Waals surface area contributed by atoms with E-state index in [4.69, 9.17) is 16.3 Å². The lowest BCUT2D eigenvalue weighted by molar-refractivity contribution is 0.477. The van der Waals surface area contributed by atoms with Gasteiger partial charge in [-0.1, -0.05) is 33.6 Å². The normalized spacial score (nSPS) is 11.3. The number of benzene rings is 2. The van der Waals surface area contributed by atoms with Crippen LogP contribution in [0.1, 0.15) is 5.56 Å². The monoisotopic (exact) mass is 374 g/mol. The van der Waals surface area contributed by atoms with E-state index in [1.54, 1.807) is 30.3 Å². The van der Waals surface area contributed by atoms with Crippen LogP contribution in [0.4, 0.5) is 0 Å². The van der Waals surface area contributed by atoms with E-state index in [1.807, 2.05) is 0 Å². The van der Waals surface area contributed by atoms with Crippen LogP contribution in [0.15, 0.2) is 47.4 Å². The Hall–Kier alpha value is -1.04. The van der Waals surface area contributed by atoms with Gasteiger partial charge < -0.3 is 4.74 Å². The molecule has 0 N–H and O–H groups in total. The lowest BCUT2D eigenvalue weighted by Gasteiger charge is -2.10. The third-order valence-electron chi connectivity index (χ3n) is 2.63. The van der Waals surface area contributed by atoms with Crippen molar-refractivity contribution in [1.82, 2.24) is 0 Å². The van der Waals surface area contributed by atoms with E-state index in [0.717, 1.165) is 11.8 Å². The zero-order valence-corrected chi connectivity index (χ0v) is 13.8. The van der Waals surface area contributed by atoms with Gasteiger partial charge in [-0.25, -0.2) is 8.42 Å². The molecule has 2 aromatic rings. The highest BCUT2D eigenvalue weighted by molar-refractivity contribution is 9.08. The molecule has 0 aliphatic rings. The Morgan fingerprint density at radius 3 is 2.60 bits per heavy atom. The Morgan fingerprint density at radius 1 is 1.20 bits per heavy atom. The SMILES string of the molecule is CS(=O)(=O)c1cccc(Oc2ccc(Cl)cc2CBr)c1. The minimum atomic E-state index is -3.25. The van der Waals surface area contributed by atoms with Crippen molar-refractivity contribution < 1.29 is 13.2 Å². The number of alkyl halides is 1. The van der Waals surface area contributed by atoms with Crippen molar-refractivity contribution in [3.8, 4) is 11.5 Å². The molecule has 0 aromatic heterocycles. The molecule has 0 saturated heterocycles. The van der Waals surface area contributed by atoms with E-state index in [-0.39, 0.29) is 4.90 Å². The zero-order valence-electron chi connectivity index (χ0n) is 10.6. The van der Waals surface area contributed by atoms with Crippen molar-refractivity contribution in [2.75, 3.05) is 6.26 Å². The first-order chi connectivity index (χ1) is 9.40. The number of hydrogen-bond acceptors (Lipinski definition) is 3. The van der Waals surface area contributed by atoms with Gasteiger partial charge >= 0.3 is 0 Å². The number of rotatable bonds is 4. The van der Waals surface area contributed by atoms with Gasteiger partial charge in [0.1, 0.15) is 11.5 Å². The highest BCUT2D eigenvalue weighted by atomic mass is 79.9. The number of ether oxygens (including phenoxy) is 1. The van der Waals surface area contributed by atoms with E-state index in [2.05, 4.69) is 15.9 Å². The quantitative estimate of drug-likeness (QED) is 0.742. The topological polar surface area (TPSA) is 43.4 Å². The molecule has 0 spiro atoms. The van der Waals surface area contributed by atoms with Crippen LogP contribution in [0.25, 0.3) is 0 Å². The van der Waals surface area contributed by atoms with Crippen LogP contribution < -0.4 is 4.74 Å². The first-order valence-electron chi connectivity index (χ1n) is 5.72. The summed E-state index contributed by atoms with van der Waals surface area (Å²) in [4.78, 5) is 0.226. The molecule has 0 aliphatic heterocycles. The number of halogens is 2. The second-order valence-corrected chi connectivity index (χ2v) is 7.25. The van der Waals surface area contributed by atoms with E-state index >= 15 is 0 Å². The van der Waals surface area contributed by atoms with Crippen molar-refractivity contribution in [2.45, 2.75) is 10.2 Å². The van der Waals surface area contributed by atoms with Crippen LogP contribution in [0.2, 0.25) is 5.02 Å². The Kier molecular flexibility index (Phi) is 4.73. The molecule has 106 valence electrons. The van der Waals surface area contributed by atoms with Gasteiger partial charge in [-0.05, 0) is 36.4 Å². The van der Waals surface area contributed by atoms with E-state index in [0.29, 0.717) is 21.9 Å². The van der Waals surface area contributed by atoms with E-state index < -0.39 is 9.84 Å². The molecule has 0 amide bonds. The van der Waals surface area contributed by atoms with Gasteiger partial charge in [0, 0.05) is 22.2 Å². The fourth-order valence-electron chi connectivity index (χ4n) is 1.65. The van der Waals surface area contributed by atoms with Crippen molar-refractivity contribution in [3.05, 3.63) is 53.1 Å². The first-order valence-corrected chi connectivity index (χ1v) is 9.11. The molecule has 2 aromatic carbocycles. The molecule has 0 atom stereocenters. The lowest BCUT2D eigenvalue weighted by Crippen LogP contribution is -1.97. The van der Waals surface area contributed by atoms with Gasteiger partial charge in [0.15, 0.2) is 9.84 Å². The molecule has 2 rings (SSSR count). The Labute approximate surface area is 131 Å². The lowest BCUT2D eigenvalue weighted by atomic mass is 10.2. The molecule has 0 bridgehead atoms.